The molecule has 0 saturated heterocycles. The van der Waals surface area contributed by atoms with Crippen LogP contribution in [0.25, 0.3) is 20.9 Å². The third-order valence-electron chi connectivity index (χ3n) is 4.88. The van der Waals surface area contributed by atoms with Crippen molar-refractivity contribution in [3.05, 3.63) is 48.5 Å². The molecule has 2 aromatic heterocycles. The summed E-state index contributed by atoms with van der Waals surface area (Å²) in [6.45, 7) is 0. The number of thiophene rings is 2. The van der Waals surface area contributed by atoms with Gasteiger partial charge in [0.15, 0.2) is 0 Å². The van der Waals surface area contributed by atoms with Crippen LogP contribution in [-0.4, -0.2) is 60.3 Å². The van der Waals surface area contributed by atoms with Gasteiger partial charge in [0.25, 0.3) is 0 Å². The predicted octanol–water partition coefficient (Wildman–Crippen LogP) is 3.31. The minimum absolute atomic E-state index is 0.983. The standard InChI is InChI=1S/C20H26O6S2Si2/c1-21-29(22-2,23-3)19-13-11-17(27-19)15-7-9-16(10-8-15)18-12-14-20(28-18)30(24-4,25-5)26-6/h7-14H,1-6H3. The van der Waals surface area contributed by atoms with Crippen molar-refractivity contribution in [2.75, 3.05) is 42.7 Å². The van der Waals surface area contributed by atoms with Gasteiger partial charge in [-0.05, 0) is 35.4 Å². The summed E-state index contributed by atoms with van der Waals surface area (Å²) in [7, 11) is 4.12. The van der Waals surface area contributed by atoms with E-state index in [0.29, 0.717) is 0 Å². The van der Waals surface area contributed by atoms with Crippen molar-refractivity contribution in [1.29, 1.82) is 0 Å². The topological polar surface area (TPSA) is 55.4 Å². The lowest BCUT2D eigenvalue weighted by molar-refractivity contribution is 0.140. The Morgan fingerprint density at radius 3 is 1.03 bits per heavy atom. The van der Waals surface area contributed by atoms with Crippen LogP contribution in [0.15, 0.2) is 48.5 Å². The number of hydrogen-bond acceptors (Lipinski definition) is 8. The number of rotatable bonds is 10. The van der Waals surface area contributed by atoms with Gasteiger partial charge in [-0.2, -0.15) is 0 Å². The van der Waals surface area contributed by atoms with Gasteiger partial charge in [0.2, 0.25) is 0 Å². The second kappa shape index (κ2) is 9.96. The van der Waals surface area contributed by atoms with Crippen LogP contribution in [0.1, 0.15) is 0 Å². The molecule has 0 aliphatic rings. The maximum atomic E-state index is 5.58. The van der Waals surface area contributed by atoms with Crippen LogP contribution in [0.2, 0.25) is 0 Å². The summed E-state index contributed by atoms with van der Waals surface area (Å²) < 4.78 is 35.5. The van der Waals surface area contributed by atoms with Crippen LogP contribution in [0.3, 0.4) is 0 Å². The zero-order valence-corrected chi connectivity index (χ0v) is 21.5. The molecule has 0 atom stereocenters. The van der Waals surface area contributed by atoms with Gasteiger partial charge in [0.1, 0.15) is 0 Å². The first-order chi connectivity index (χ1) is 14.5. The summed E-state index contributed by atoms with van der Waals surface area (Å²) in [5, 5.41) is 0. The fraction of sp³-hybridized carbons (Fsp3) is 0.300. The predicted molar refractivity (Wildman–Crippen MR) is 126 cm³/mol. The molecular formula is C20H26O6S2Si2. The number of benzene rings is 1. The lowest BCUT2D eigenvalue weighted by Crippen LogP contribution is -2.53. The van der Waals surface area contributed by atoms with Gasteiger partial charge in [-0.15, -0.1) is 22.7 Å². The highest BCUT2D eigenvalue weighted by atomic mass is 32.1. The first-order valence-corrected chi connectivity index (χ1v) is 14.2. The molecule has 10 heteroatoms. The third-order valence-corrected chi connectivity index (χ3v) is 13.7. The Morgan fingerprint density at radius 2 is 0.767 bits per heavy atom. The quantitative estimate of drug-likeness (QED) is 0.413. The zero-order valence-electron chi connectivity index (χ0n) is 17.9. The minimum atomic E-state index is -2.81. The van der Waals surface area contributed by atoms with Crippen molar-refractivity contribution in [2.24, 2.45) is 0 Å². The Hall–Kier alpha value is -1.19. The molecule has 0 unspecified atom stereocenters. The number of hydrogen-bond donors (Lipinski definition) is 0. The Bertz CT molecular complexity index is 855. The van der Waals surface area contributed by atoms with Crippen LogP contribution in [-0.2, 0) is 26.6 Å². The smallest absolute Gasteiger partial charge is 0.373 e. The Labute approximate surface area is 187 Å². The zero-order chi connectivity index (χ0) is 21.8. The van der Waals surface area contributed by atoms with Crippen LogP contribution >= 0.6 is 22.7 Å². The van der Waals surface area contributed by atoms with Gasteiger partial charge in [-0.1, -0.05) is 24.3 Å². The van der Waals surface area contributed by atoms with Crippen LogP contribution in [0.5, 0.6) is 0 Å². The van der Waals surface area contributed by atoms with Crippen molar-refractivity contribution in [3.63, 3.8) is 0 Å². The molecule has 2 heterocycles. The molecule has 3 rings (SSSR count). The van der Waals surface area contributed by atoms with E-state index in [1.54, 1.807) is 65.3 Å². The Morgan fingerprint density at radius 1 is 0.467 bits per heavy atom. The van der Waals surface area contributed by atoms with Gasteiger partial charge in [-0.25, -0.2) is 0 Å². The van der Waals surface area contributed by atoms with Crippen molar-refractivity contribution in [3.8, 4) is 20.9 Å². The van der Waals surface area contributed by atoms with E-state index in [0.717, 1.165) is 29.9 Å². The molecule has 0 fully saturated rings. The summed E-state index contributed by atoms with van der Waals surface area (Å²) in [4.78, 5) is 2.27. The second-order valence-corrected chi connectivity index (χ2v) is 14.9. The molecule has 0 radical (unpaired) electrons. The molecule has 0 spiro atoms. The summed E-state index contributed by atoms with van der Waals surface area (Å²) in [6, 6.07) is 16.7. The highest BCUT2D eigenvalue weighted by molar-refractivity contribution is 7.27. The van der Waals surface area contributed by atoms with E-state index in [2.05, 4.69) is 36.4 Å². The first kappa shape index (κ1) is 23.5. The maximum Gasteiger partial charge on any atom is 0.546 e. The molecule has 0 bridgehead atoms. The van der Waals surface area contributed by atoms with Crippen LogP contribution < -0.4 is 9.00 Å². The Balaban J connectivity index is 1.85. The minimum Gasteiger partial charge on any atom is -0.373 e. The molecule has 0 amide bonds. The van der Waals surface area contributed by atoms with Crippen molar-refractivity contribution >= 4 is 49.3 Å². The van der Waals surface area contributed by atoms with E-state index in [1.165, 1.54) is 0 Å². The highest BCUT2D eigenvalue weighted by Crippen LogP contribution is 2.30. The van der Waals surface area contributed by atoms with E-state index in [9.17, 15) is 0 Å². The maximum absolute atomic E-state index is 5.58. The summed E-state index contributed by atoms with van der Waals surface area (Å²) >= 11 is 3.26. The molecule has 6 nitrogen and oxygen atoms in total. The van der Waals surface area contributed by atoms with Gasteiger partial charge in [-0.3, -0.25) is 0 Å². The highest BCUT2D eigenvalue weighted by Gasteiger charge is 2.43. The lowest BCUT2D eigenvalue weighted by atomic mass is 10.1. The van der Waals surface area contributed by atoms with Crippen LogP contribution in [0, 0.1) is 0 Å². The molecular weight excluding hydrogens is 457 g/mol. The monoisotopic (exact) mass is 482 g/mol. The van der Waals surface area contributed by atoms with Gasteiger partial charge >= 0.3 is 17.6 Å². The molecule has 0 aliphatic heterocycles. The molecule has 0 N–H and O–H groups in total. The average molecular weight is 483 g/mol. The first-order valence-electron chi connectivity index (χ1n) is 9.13. The van der Waals surface area contributed by atoms with E-state index in [-0.39, 0.29) is 0 Å². The van der Waals surface area contributed by atoms with Gasteiger partial charge < -0.3 is 26.6 Å². The molecule has 162 valence electrons. The van der Waals surface area contributed by atoms with Gasteiger partial charge in [0.05, 0.1) is 9.00 Å². The van der Waals surface area contributed by atoms with Gasteiger partial charge in [0, 0.05) is 52.4 Å². The van der Waals surface area contributed by atoms with E-state index < -0.39 is 17.6 Å². The summed E-state index contributed by atoms with van der Waals surface area (Å²) in [5.74, 6) is 0. The molecule has 1 aromatic carbocycles. The summed E-state index contributed by atoms with van der Waals surface area (Å²) in [6.07, 6.45) is 0. The third kappa shape index (κ3) is 4.25. The molecule has 0 saturated carbocycles. The van der Waals surface area contributed by atoms with Crippen LogP contribution in [0.4, 0.5) is 0 Å². The fourth-order valence-corrected chi connectivity index (χ4v) is 10.7. The SMILES string of the molecule is CO[Si](OC)(OC)c1ccc(-c2ccc(-c3ccc([Si](OC)(OC)OC)s3)cc2)s1. The van der Waals surface area contributed by atoms with Crippen molar-refractivity contribution < 1.29 is 26.6 Å². The Kier molecular flexibility index (Phi) is 7.79. The van der Waals surface area contributed by atoms with E-state index >= 15 is 0 Å². The van der Waals surface area contributed by atoms with Crippen molar-refractivity contribution in [2.45, 2.75) is 0 Å². The van der Waals surface area contributed by atoms with E-state index in [4.69, 9.17) is 26.6 Å². The average Bonchev–Trinajstić information content (AvgIpc) is 3.49. The molecule has 0 aliphatic carbocycles. The lowest BCUT2D eigenvalue weighted by Gasteiger charge is -2.22. The fourth-order valence-electron chi connectivity index (χ4n) is 3.22. The largest absolute Gasteiger partial charge is 0.546 e. The molecule has 30 heavy (non-hydrogen) atoms. The van der Waals surface area contributed by atoms with Crippen molar-refractivity contribution in [1.82, 2.24) is 0 Å². The van der Waals surface area contributed by atoms with E-state index in [1.807, 2.05) is 12.1 Å². The summed E-state index contributed by atoms with van der Waals surface area (Å²) in [5.41, 5.74) is 2.26. The second-order valence-electron chi connectivity index (χ2n) is 6.24. The normalized spacial score (nSPS) is 12.5. The molecule has 3 aromatic rings.